The van der Waals surface area contributed by atoms with Crippen molar-refractivity contribution in [3.63, 3.8) is 0 Å². The molecule has 0 aliphatic carbocycles. The largest absolute Gasteiger partial charge is 0.494 e. The molecule has 0 bridgehead atoms. The monoisotopic (exact) mass is 227 g/mol. The molecule has 0 radical (unpaired) electrons. The van der Waals surface area contributed by atoms with Gasteiger partial charge in [0.05, 0.1) is 6.61 Å². The van der Waals surface area contributed by atoms with Crippen molar-refractivity contribution in [1.82, 2.24) is 0 Å². The van der Waals surface area contributed by atoms with E-state index >= 15 is 0 Å². The van der Waals surface area contributed by atoms with Gasteiger partial charge < -0.3 is 20.7 Å². The Labute approximate surface area is 94.5 Å². The summed E-state index contributed by atoms with van der Waals surface area (Å²) in [7, 11) is 0. The predicted molar refractivity (Wildman–Crippen MR) is 61.3 cm³/mol. The number of ether oxygens (including phenoxy) is 1. The molecule has 0 saturated carbocycles. The number of aliphatic hydroxyl groups excluding tert-OH is 1. The smallest absolute Gasteiger partial charge is 0.332 e. The van der Waals surface area contributed by atoms with Crippen molar-refractivity contribution in [1.29, 1.82) is 0 Å². The van der Waals surface area contributed by atoms with Crippen LogP contribution in [0.2, 0.25) is 0 Å². The molecule has 0 fully saturated rings. The molecule has 1 unspecified atom stereocenters. The summed E-state index contributed by atoms with van der Waals surface area (Å²) < 4.78 is 5.21. The summed E-state index contributed by atoms with van der Waals surface area (Å²) >= 11 is 0. The minimum absolute atomic E-state index is 0.698. The molecule has 16 heavy (non-hydrogen) atoms. The molecule has 0 aliphatic heterocycles. The van der Waals surface area contributed by atoms with E-state index in [2.05, 4.69) is 0 Å². The van der Waals surface area contributed by atoms with Crippen molar-refractivity contribution in [2.45, 2.75) is 20.0 Å². The van der Waals surface area contributed by atoms with Gasteiger partial charge in [0.15, 0.2) is 0 Å². The fourth-order valence-electron chi connectivity index (χ4n) is 0.731. The number of nitrogens with two attached hydrogens (primary N) is 1. The van der Waals surface area contributed by atoms with Gasteiger partial charge in [-0.2, -0.15) is 0 Å². The molecule has 1 atom stereocenters. The second-order valence-corrected chi connectivity index (χ2v) is 3.02. The highest BCUT2D eigenvalue weighted by Crippen LogP contribution is 2.12. The Morgan fingerprint density at radius 2 is 1.88 bits per heavy atom. The van der Waals surface area contributed by atoms with Crippen LogP contribution >= 0.6 is 0 Å². The second kappa shape index (κ2) is 7.53. The zero-order valence-electron chi connectivity index (χ0n) is 9.38. The fourth-order valence-corrected chi connectivity index (χ4v) is 0.731. The first kappa shape index (κ1) is 14.2. The van der Waals surface area contributed by atoms with E-state index in [0.29, 0.717) is 6.61 Å². The van der Waals surface area contributed by atoms with Crippen molar-refractivity contribution >= 4 is 11.7 Å². The molecule has 5 nitrogen and oxygen atoms in total. The minimum atomic E-state index is -1.23. The van der Waals surface area contributed by atoms with Crippen LogP contribution in [0.5, 0.6) is 5.75 Å². The molecule has 0 spiro atoms. The van der Waals surface area contributed by atoms with Gasteiger partial charge >= 0.3 is 5.97 Å². The predicted octanol–water partition coefficient (Wildman–Crippen LogP) is 1.12. The Morgan fingerprint density at radius 1 is 1.44 bits per heavy atom. The molecule has 4 N–H and O–H groups in total. The first-order valence-corrected chi connectivity index (χ1v) is 4.86. The van der Waals surface area contributed by atoms with Crippen molar-refractivity contribution in [2.75, 3.05) is 12.3 Å². The Kier molecular flexibility index (Phi) is 6.71. The first-order valence-electron chi connectivity index (χ1n) is 4.86. The quantitative estimate of drug-likeness (QED) is 0.673. The topological polar surface area (TPSA) is 92.8 Å². The van der Waals surface area contributed by atoms with E-state index in [1.165, 1.54) is 6.92 Å². The summed E-state index contributed by atoms with van der Waals surface area (Å²) in [6.07, 6.45) is -1.23. The lowest BCUT2D eigenvalue weighted by Crippen LogP contribution is -2.13. The number of aliphatic hydroxyl groups is 1. The number of carboxylic acid groups (broad SMARTS) is 1. The second-order valence-electron chi connectivity index (χ2n) is 3.02. The maximum atomic E-state index is 9.45. The highest BCUT2D eigenvalue weighted by molar-refractivity contribution is 5.71. The van der Waals surface area contributed by atoms with Gasteiger partial charge in [0.2, 0.25) is 0 Å². The number of nitrogen functional groups attached to an aromatic ring is 1. The third-order valence-corrected chi connectivity index (χ3v) is 1.55. The number of hydrogen-bond acceptors (Lipinski definition) is 4. The molecule has 0 heterocycles. The molecular formula is C11H17NO4. The van der Waals surface area contributed by atoms with E-state index in [0.717, 1.165) is 11.4 Å². The molecule has 1 rings (SSSR count). The minimum Gasteiger partial charge on any atom is -0.494 e. The molecule has 1 aromatic rings. The molecule has 1 aromatic carbocycles. The third-order valence-electron chi connectivity index (χ3n) is 1.55. The molecule has 0 aliphatic rings. The summed E-state index contributed by atoms with van der Waals surface area (Å²) in [5, 5.41) is 15.8. The Morgan fingerprint density at radius 3 is 2.19 bits per heavy atom. The summed E-state index contributed by atoms with van der Waals surface area (Å²) in [6, 6.07) is 7.37. The number of carbonyl (C=O) groups is 1. The Hall–Kier alpha value is -1.75. The zero-order chi connectivity index (χ0) is 12.6. The number of anilines is 1. The van der Waals surface area contributed by atoms with E-state index in [4.69, 9.17) is 20.7 Å². The first-order chi connectivity index (χ1) is 7.47. The fraction of sp³-hybridized carbons (Fsp3) is 0.364. The highest BCUT2D eigenvalue weighted by atomic mass is 16.5. The number of benzene rings is 1. The van der Waals surface area contributed by atoms with Crippen molar-refractivity contribution in [3.8, 4) is 5.75 Å². The maximum Gasteiger partial charge on any atom is 0.332 e. The van der Waals surface area contributed by atoms with Gasteiger partial charge in [0.25, 0.3) is 0 Å². The van der Waals surface area contributed by atoms with Crippen LogP contribution in [0.4, 0.5) is 5.69 Å². The van der Waals surface area contributed by atoms with E-state index in [9.17, 15) is 4.79 Å². The lowest BCUT2D eigenvalue weighted by Gasteiger charge is -2.01. The molecule has 0 aromatic heterocycles. The normalized spacial score (nSPS) is 10.9. The number of rotatable bonds is 3. The summed E-state index contributed by atoms with van der Waals surface area (Å²) in [5.74, 6) is -0.313. The maximum absolute atomic E-state index is 9.45. The van der Waals surface area contributed by atoms with Crippen LogP contribution < -0.4 is 10.5 Å². The van der Waals surface area contributed by atoms with E-state index in [-0.39, 0.29) is 0 Å². The Bertz CT molecular complexity index is 308. The average molecular weight is 227 g/mol. The van der Waals surface area contributed by atoms with Gasteiger partial charge in [-0.05, 0) is 38.1 Å². The van der Waals surface area contributed by atoms with Gasteiger partial charge in [-0.25, -0.2) is 4.79 Å². The number of hydrogen-bond donors (Lipinski definition) is 3. The van der Waals surface area contributed by atoms with Gasteiger partial charge in [-0.3, -0.25) is 0 Å². The molecule has 0 saturated heterocycles. The van der Waals surface area contributed by atoms with Crippen molar-refractivity contribution in [3.05, 3.63) is 24.3 Å². The van der Waals surface area contributed by atoms with Gasteiger partial charge in [0.1, 0.15) is 11.9 Å². The standard InChI is InChI=1S/C8H11NO.C3H6O3/c1-2-10-8-5-3-7(9)4-6-8;1-2(4)3(5)6/h3-6H,2,9H2,1H3;2,4H,1H3,(H,5,6). The lowest BCUT2D eigenvalue weighted by molar-refractivity contribution is -0.145. The highest BCUT2D eigenvalue weighted by Gasteiger charge is 2.01. The van der Waals surface area contributed by atoms with Gasteiger partial charge in [-0.1, -0.05) is 0 Å². The number of aliphatic carboxylic acids is 1. The van der Waals surface area contributed by atoms with Crippen LogP contribution in [0.1, 0.15) is 13.8 Å². The number of carboxylic acids is 1. The van der Waals surface area contributed by atoms with Gasteiger partial charge in [-0.15, -0.1) is 0 Å². The van der Waals surface area contributed by atoms with Crippen LogP contribution in [-0.2, 0) is 4.79 Å². The summed E-state index contributed by atoms with van der Waals surface area (Å²) in [4.78, 5) is 9.45. The molecular weight excluding hydrogens is 210 g/mol. The van der Waals surface area contributed by atoms with Crippen LogP contribution in [0.15, 0.2) is 24.3 Å². The van der Waals surface area contributed by atoms with Crippen LogP contribution in [0, 0.1) is 0 Å². The van der Waals surface area contributed by atoms with Crippen LogP contribution in [0.3, 0.4) is 0 Å². The van der Waals surface area contributed by atoms with Gasteiger partial charge in [0, 0.05) is 5.69 Å². The lowest BCUT2D eigenvalue weighted by atomic mass is 10.3. The van der Waals surface area contributed by atoms with E-state index in [1.807, 2.05) is 31.2 Å². The van der Waals surface area contributed by atoms with Crippen LogP contribution in [-0.4, -0.2) is 28.9 Å². The zero-order valence-corrected chi connectivity index (χ0v) is 9.38. The Balaban J connectivity index is 0.000000325. The average Bonchev–Trinajstić information content (AvgIpc) is 2.22. The molecule has 0 amide bonds. The van der Waals surface area contributed by atoms with E-state index in [1.54, 1.807) is 0 Å². The van der Waals surface area contributed by atoms with E-state index < -0.39 is 12.1 Å². The summed E-state index contributed by atoms with van der Waals surface area (Å²) in [5.41, 5.74) is 6.23. The molecule has 5 heteroatoms. The molecule has 90 valence electrons. The SMILES string of the molecule is CC(O)C(=O)O.CCOc1ccc(N)cc1. The third kappa shape index (κ3) is 6.67. The van der Waals surface area contributed by atoms with Crippen LogP contribution in [0.25, 0.3) is 0 Å². The van der Waals surface area contributed by atoms with Crippen molar-refractivity contribution in [2.24, 2.45) is 0 Å². The van der Waals surface area contributed by atoms with Crippen molar-refractivity contribution < 1.29 is 19.7 Å². The summed E-state index contributed by atoms with van der Waals surface area (Å²) in [6.45, 7) is 3.85.